The molecule has 0 aromatic heterocycles. The molecular formula is C66H96N6O24Sn6. The van der Waals surface area contributed by atoms with Crippen molar-refractivity contribution in [1.29, 1.82) is 0 Å². The normalized spacial score (nSPS) is 13.1. The van der Waals surface area contributed by atoms with Gasteiger partial charge in [-0.2, -0.15) is 0 Å². The number of benzene rings is 6. The van der Waals surface area contributed by atoms with E-state index in [0.717, 1.165) is 0 Å². The molecule has 18 radical (unpaired) electrons. The van der Waals surface area contributed by atoms with Gasteiger partial charge >= 0.3 is 377 Å². The number of ether oxygens (including phenoxy) is 6. The minimum absolute atomic E-state index is 0. The summed E-state index contributed by atoms with van der Waals surface area (Å²) in [5.74, 6) is 0.194. The summed E-state index contributed by atoms with van der Waals surface area (Å²) in [6.45, 7) is 6.00. The molecule has 36 heteroatoms. The van der Waals surface area contributed by atoms with Crippen LogP contribution in [0, 0.1) is 0 Å². The molecule has 6 aromatic rings. The average molecular weight is 2070 g/mol. The molecule has 102 heavy (non-hydrogen) atoms. The Kier molecular flexibility index (Phi) is 79.3. The molecule has 30 nitrogen and oxygen atoms in total. The summed E-state index contributed by atoms with van der Waals surface area (Å²) >= 11 is 9.53. The van der Waals surface area contributed by atoms with Crippen LogP contribution in [-0.2, 0) is 55.0 Å². The van der Waals surface area contributed by atoms with Crippen LogP contribution in [0.4, 0.5) is 0 Å². The molecule has 0 spiro atoms. The summed E-state index contributed by atoms with van der Waals surface area (Å²) in [6, 6.07) is 63.2. The van der Waals surface area contributed by atoms with E-state index in [-0.39, 0.29) is 68.2 Å². The maximum atomic E-state index is 8.35. The molecule has 6 aliphatic rings. The second-order valence-corrected chi connectivity index (χ2v) is 24.7. The SMILES string of the molecule is O.O.O.O.O.O.OC(O)C1=NCCO1.OC(O)C1=NCCO1.OC(O)C1=NCCO1.OC(O)C1=NCCO1.OC(O)C1=NCCO1.OC(O)C1=NCCO1.[Sn][CH2]c1ccccc1.[Sn][CH2]c1ccccc1.[Sn][CH2]c1ccccc1.[Sn][CH2]c1ccccc1.[Sn][CH2]c1ccccc1.[Sn][CH2]c1ccccc1. The van der Waals surface area contributed by atoms with Crippen LogP contribution in [0.25, 0.3) is 0 Å². The molecule has 12 rings (SSSR count). The van der Waals surface area contributed by atoms with Crippen LogP contribution in [0.1, 0.15) is 33.4 Å². The van der Waals surface area contributed by atoms with Gasteiger partial charge in [-0.25, -0.2) is 30.0 Å². The Labute approximate surface area is 674 Å². The summed E-state index contributed by atoms with van der Waals surface area (Å²) in [4.78, 5) is 21.8. The molecule has 0 amide bonds. The van der Waals surface area contributed by atoms with E-state index in [9.17, 15) is 0 Å². The minimum atomic E-state index is -1.53. The van der Waals surface area contributed by atoms with Crippen molar-refractivity contribution in [2.24, 2.45) is 30.0 Å². The molecule has 0 fully saturated rings. The molecule has 0 unspecified atom stereocenters. The van der Waals surface area contributed by atoms with Gasteiger partial charge in [0.15, 0.2) is 0 Å². The number of nitrogens with zero attached hydrogens (tertiary/aromatic N) is 6. The molecule has 0 atom stereocenters. The van der Waals surface area contributed by atoms with Gasteiger partial charge in [0.2, 0.25) is 73.1 Å². The molecule has 6 aliphatic heterocycles. The Morgan fingerprint density at radius 3 is 0.373 bits per heavy atom. The molecule has 24 N–H and O–H groups in total. The summed E-state index contributed by atoms with van der Waals surface area (Å²) in [5.41, 5.74) is 8.70. The number of hydrogen-bond donors (Lipinski definition) is 12. The molecule has 0 saturated carbocycles. The molecule has 0 saturated heterocycles. The topological polar surface area (TPSA) is 561 Å². The van der Waals surface area contributed by atoms with Crippen molar-refractivity contribution >= 4 is 171 Å². The predicted octanol–water partition coefficient (Wildman–Crippen LogP) is -4.46. The van der Waals surface area contributed by atoms with E-state index in [0.29, 0.717) is 78.9 Å². The summed E-state index contributed by atoms with van der Waals surface area (Å²) < 4.78 is 35.4. The van der Waals surface area contributed by atoms with Gasteiger partial charge in [-0.3, -0.25) is 0 Å². The molecule has 6 heterocycles. The summed E-state index contributed by atoms with van der Waals surface area (Å²) in [5, 5.41) is 100. The first kappa shape index (κ1) is 109. The summed E-state index contributed by atoms with van der Waals surface area (Å²) in [6.07, 6.45) is -9.18. The number of aliphatic hydroxyl groups is 12. The fraction of sp³-hybridized carbons (Fsp3) is 0.364. The standard InChI is InChI=1S/6C7H7.6C4H7NO3.6H2O.6Sn/c6*1-7-5-3-2-4-6-7;6*6-4(7)3-5-1-2-8-3;;;;;;;;;;;;/h6*2-6H,1H2;6*4,6-7H,1-2H2;6*1H2;;;;;;. The maximum absolute atomic E-state index is 8.35. The van der Waals surface area contributed by atoms with E-state index >= 15 is 0 Å². The first-order valence-electron chi connectivity index (χ1n) is 29.7. The third kappa shape index (κ3) is 58.4. The molecule has 6 aromatic carbocycles. The van der Waals surface area contributed by atoms with Crippen LogP contribution >= 0.6 is 0 Å². The van der Waals surface area contributed by atoms with Crippen molar-refractivity contribution < 1.29 is 123 Å². The average Bonchev–Trinajstić information content (AvgIpc) is 2.06. The monoisotopic (exact) mass is 2080 g/mol. The van der Waals surface area contributed by atoms with Gasteiger partial charge < -0.3 is 123 Å². The van der Waals surface area contributed by atoms with Gasteiger partial charge in [-0.1, -0.05) is 0 Å². The summed E-state index contributed by atoms with van der Waals surface area (Å²) in [7, 11) is 0. The third-order valence-corrected chi connectivity index (χ3v) is 18.3. The van der Waals surface area contributed by atoms with E-state index in [1.54, 1.807) is 135 Å². The van der Waals surface area contributed by atoms with E-state index < -0.39 is 37.7 Å². The fourth-order valence-electron chi connectivity index (χ4n) is 6.62. The van der Waals surface area contributed by atoms with Crippen molar-refractivity contribution in [3.63, 3.8) is 0 Å². The quantitative estimate of drug-likeness (QED) is 0.0406. The number of hydrogen-bond acceptors (Lipinski definition) is 24. The number of aliphatic imine (C=N–C) groups is 6. The van der Waals surface area contributed by atoms with Crippen molar-refractivity contribution in [2.45, 2.75) is 64.4 Å². The van der Waals surface area contributed by atoms with Crippen molar-refractivity contribution in [3.05, 3.63) is 215 Å². The number of aliphatic hydroxyl groups excluding tert-OH is 6. The zero-order valence-electron chi connectivity index (χ0n) is 56.0. The second kappa shape index (κ2) is 74.1. The van der Waals surface area contributed by atoms with Gasteiger partial charge in [-0.05, 0) is 0 Å². The van der Waals surface area contributed by atoms with E-state index in [1.165, 1.54) is 60.0 Å². The number of rotatable bonds is 12. The van der Waals surface area contributed by atoms with Gasteiger partial charge in [0.1, 0.15) is 39.6 Å². The third-order valence-electron chi connectivity index (χ3n) is 11.3. The first-order chi connectivity index (χ1) is 46.4. The molecule has 0 aliphatic carbocycles. The molecular weight excluding hydrogens is 1970 g/mol. The van der Waals surface area contributed by atoms with Crippen molar-refractivity contribution in [1.82, 2.24) is 0 Å². The molecule has 558 valence electrons. The van der Waals surface area contributed by atoms with Gasteiger partial charge in [0.05, 0.1) is 39.3 Å². The van der Waals surface area contributed by atoms with Crippen LogP contribution in [0.2, 0.25) is 0 Å². The zero-order chi connectivity index (χ0) is 70.8. The zero-order valence-corrected chi connectivity index (χ0v) is 73.1. The van der Waals surface area contributed by atoms with Crippen LogP contribution in [-0.4, -0.2) is 381 Å². The van der Waals surface area contributed by atoms with Crippen LogP contribution < -0.4 is 0 Å². The molecule has 0 bridgehead atoms. The first-order valence-corrected chi connectivity index (χ1v) is 41.8. The second-order valence-electron chi connectivity index (χ2n) is 18.6. The van der Waals surface area contributed by atoms with Crippen molar-refractivity contribution in [2.75, 3.05) is 78.9 Å². The van der Waals surface area contributed by atoms with Crippen LogP contribution in [0.3, 0.4) is 0 Å². The van der Waals surface area contributed by atoms with E-state index in [2.05, 4.69) is 240 Å². The van der Waals surface area contributed by atoms with E-state index in [1.807, 2.05) is 0 Å². The predicted molar refractivity (Wildman–Crippen MR) is 396 cm³/mol. The Balaban J connectivity index is -0.000000245. The van der Waals surface area contributed by atoms with Crippen LogP contribution in [0.5, 0.6) is 0 Å². The Hall–Kier alpha value is -3.79. The van der Waals surface area contributed by atoms with Crippen molar-refractivity contribution in [3.8, 4) is 0 Å². The fourth-order valence-corrected chi connectivity index (χ4v) is 10.7. The van der Waals surface area contributed by atoms with Gasteiger partial charge in [0.25, 0.3) is 0 Å². The Bertz CT molecular complexity index is 2500. The Morgan fingerprint density at radius 1 is 0.216 bits per heavy atom. The van der Waals surface area contributed by atoms with Gasteiger partial charge in [-0.15, -0.1) is 0 Å². The van der Waals surface area contributed by atoms with E-state index in [4.69, 9.17) is 61.3 Å². The van der Waals surface area contributed by atoms with Crippen LogP contribution in [0.15, 0.2) is 212 Å². The Morgan fingerprint density at radius 2 is 0.324 bits per heavy atom. The van der Waals surface area contributed by atoms with Gasteiger partial charge in [0, 0.05) is 0 Å².